The van der Waals surface area contributed by atoms with Crippen LogP contribution in [-0.2, 0) is 0 Å². The van der Waals surface area contributed by atoms with Gasteiger partial charge in [-0.2, -0.15) is 0 Å². The topological polar surface area (TPSA) is 50.9 Å². The molecule has 1 heterocycles. The van der Waals surface area contributed by atoms with Crippen molar-refractivity contribution >= 4 is 5.82 Å². The van der Waals surface area contributed by atoms with E-state index in [9.17, 15) is 0 Å². The van der Waals surface area contributed by atoms with Crippen LogP contribution < -0.4 is 11.1 Å². The van der Waals surface area contributed by atoms with Crippen LogP contribution in [0.1, 0.15) is 49.8 Å². The molecule has 2 rings (SSSR count). The van der Waals surface area contributed by atoms with Crippen LogP contribution >= 0.6 is 0 Å². The summed E-state index contributed by atoms with van der Waals surface area (Å²) in [5.41, 5.74) is 8.51. The van der Waals surface area contributed by atoms with Crippen molar-refractivity contribution in [2.75, 3.05) is 12.3 Å². The Morgan fingerprint density at radius 1 is 1.53 bits per heavy atom. The van der Waals surface area contributed by atoms with E-state index in [1.165, 1.54) is 30.4 Å². The van der Waals surface area contributed by atoms with Crippen molar-refractivity contribution < 1.29 is 0 Å². The molecular weight excluding hydrogens is 210 g/mol. The van der Waals surface area contributed by atoms with Gasteiger partial charge in [-0.3, -0.25) is 0 Å². The molecule has 1 aromatic heterocycles. The lowest BCUT2D eigenvalue weighted by Crippen LogP contribution is -2.24. The van der Waals surface area contributed by atoms with Crippen molar-refractivity contribution in [1.29, 1.82) is 0 Å². The predicted molar refractivity (Wildman–Crippen MR) is 71.8 cm³/mol. The van der Waals surface area contributed by atoms with Crippen molar-refractivity contribution in [2.24, 2.45) is 5.92 Å². The SMILES string of the molecule is CCCNC(CC1CC1)c1c(C)ccnc1N. The highest BCUT2D eigenvalue weighted by Gasteiger charge is 2.27. The van der Waals surface area contributed by atoms with Crippen LogP contribution in [0.15, 0.2) is 12.3 Å². The number of aromatic nitrogens is 1. The third-order valence-corrected chi connectivity index (χ3v) is 3.49. The number of anilines is 1. The third-order valence-electron chi connectivity index (χ3n) is 3.49. The second kappa shape index (κ2) is 5.50. The van der Waals surface area contributed by atoms with E-state index in [2.05, 4.69) is 30.2 Å². The molecule has 17 heavy (non-hydrogen) atoms. The average Bonchev–Trinajstić information content (AvgIpc) is 3.09. The molecule has 0 amide bonds. The van der Waals surface area contributed by atoms with E-state index < -0.39 is 0 Å². The van der Waals surface area contributed by atoms with Crippen LogP contribution in [0.4, 0.5) is 5.82 Å². The van der Waals surface area contributed by atoms with E-state index in [1.807, 2.05) is 0 Å². The summed E-state index contributed by atoms with van der Waals surface area (Å²) in [5, 5.41) is 3.62. The molecule has 1 saturated carbocycles. The monoisotopic (exact) mass is 233 g/mol. The van der Waals surface area contributed by atoms with Crippen LogP contribution in [0, 0.1) is 12.8 Å². The standard InChI is InChI=1S/C14H23N3/c1-3-7-16-12(9-11-4-5-11)13-10(2)6-8-17-14(13)15/h6,8,11-12,16H,3-5,7,9H2,1-2H3,(H2,15,17). The van der Waals surface area contributed by atoms with Crippen molar-refractivity contribution in [3.05, 3.63) is 23.4 Å². The number of hydrogen-bond acceptors (Lipinski definition) is 3. The molecule has 0 radical (unpaired) electrons. The zero-order valence-corrected chi connectivity index (χ0v) is 10.9. The molecule has 3 N–H and O–H groups in total. The molecule has 1 unspecified atom stereocenters. The van der Waals surface area contributed by atoms with Gasteiger partial charge in [0.15, 0.2) is 0 Å². The van der Waals surface area contributed by atoms with Gasteiger partial charge in [0.1, 0.15) is 5.82 Å². The molecule has 94 valence electrons. The van der Waals surface area contributed by atoms with Crippen LogP contribution in [0.3, 0.4) is 0 Å². The largest absolute Gasteiger partial charge is 0.383 e. The van der Waals surface area contributed by atoms with Gasteiger partial charge in [-0.15, -0.1) is 0 Å². The highest BCUT2D eigenvalue weighted by Crippen LogP contribution is 2.39. The number of pyridine rings is 1. The van der Waals surface area contributed by atoms with Gasteiger partial charge in [0.25, 0.3) is 0 Å². The molecule has 0 aliphatic heterocycles. The lowest BCUT2D eigenvalue weighted by atomic mass is 9.97. The van der Waals surface area contributed by atoms with Crippen LogP contribution in [0.2, 0.25) is 0 Å². The number of nitrogens with zero attached hydrogens (tertiary/aromatic N) is 1. The van der Waals surface area contributed by atoms with E-state index in [1.54, 1.807) is 6.20 Å². The molecule has 1 atom stereocenters. The summed E-state index contributed by atoms with van der Waals surface area (Å²) in [6, 6.07) is 2.44. The zero-order valence-electron chi connectivity index (χ0n) is 10.9. The summed E-state index contributed by atoms with van der Waals surface area (Å²) in [6.07, 6.45) is 6.91. The molecule has 3 heteroatoms. The Morgan fingerprint density at radius 3 is 2.88 bits per heavy atom. The van der Waals surface area contributed by atoms with E-state index in [0.29, 0.717) is 11.9 Å². The molecule has 0 bridgehead atoms. The predicted octanol–water partition coefficient (Wildman–Crippen LogP) is 2.81. The van der Waals surface area contributed by atoms with Gasteiger partial charge in [0, 0.05) is 17.8 Å². The smallest absolute Gasteiger partial charge is 0.128 e. The Hall–Kier alpha value is -1.09. The number of hydrogen-bond donors (Lipinski definition) is 2. The molecule has 0 spiro atoms. The van der Waals surface area contributed by atoms with Gasteiger partial charge in [-0.05, 0) is 43.9 Å². The first-order valence-electron chi connectivity index (χ1n) is 6.66. The van der Waals surface area contributed by atoms with Crippen molar-refractivity contribution in [1.82, 2.24) is 10.3 Å². The van der Waals surface area contributed by atoms with Crippen molar-refractivity contribution in [2.45, 2.75) is 45.6 Å². The third kappa shape index (κ3) is 3.19. The Morgan fingerprint density at radius 2 is 2.29 bits per heavy atom. The highest BCUT2D eigenvalue weighted by molar-refractivity contribution is 5.46. The molecule has 3 nitrogen and oxygen atoms in total. The molecule has 1 fully saturated rings. The average molecular weight is 233 g/mol. The van der Waals surface area contributed by atoms with Gasteiger partial charge in [0.05, 0.1) is 0 Å². The molecule has 1 aromatic rings. The Kier molecular flexibility index (Phi) is 4.00. The normalized spacial score (nSPS) is 17.1. The van der Waals surface area contributed by atoms with Gasteiger partial charge in [0.2, 0.25) is 0 Å². The second-order valence-corrected chi connectivity index (χ2v) is 5.11. The number of rotatable bonds is 6. The van der Waals surface area contributed by atoms with E-state index in [0.717, 1.165) is 18.9 Å². The Labute approximate surface area is 104 Å². The van der Waals surface area contributed by atoms with E-state index in [-0.39, 0.29) is 0 Å². The molecule has 1 aliphatic rings. The fraction of sp³-hybridized carbons (Fsp3) is 0.643. The maximum atomic E-state index is 6.04. The summed E-state index contributed by atoms with van der Waals surface area (Å²) < 4.78 is 0. The summed E-state index contributed by atoms with van der Waals surface area (Å²) in [7, 11) is 0. The minimum Gasteiger partial charge on any atom is -0.383 e. The molecule has 0 aromatic carbocycles. The van der Waals surface area contributed by atoms with Gasteiger partial charge in [-0.25, -0.2) is 4.98 Å². The van der Waals surface area contributed by atoms with E-state index >= 15 is 0 Å². The Balaban J connectivity index is 2.16. The first kappa shape index (κ1) is 12.4. The second-order valence-electron chi connectivity index (χ2n) is 5.11. The lowest BCUT2D eigenvalue weighted by molar-refractivity contribution is 0.472. The maximum Gasteiger partial charge on any atom is 0.128 e. The van der Waals surface area contributed by atoms with Crippen LogP contribution in [0.5, 0.6) is 0 Å². The quantitative estimate of drug-likeness (QED) is 0.794. The summed E-state index contributed by atoms with van der Waals surface area (Å²) in [5.74, 6) is 1.59. The Bertz CT molecular complexity index is 351. The maximum absolute atomic E-state index is 6.04. The fourth-order valence-corrected chi connectivity index (χ4v) is 2.35. The minimum absolute atomic E-state index is 0.385. The molecular formula is C14H23N3. The number of aryl methyl sites for hydroxylation is 1. The molecule has 0 saturated heterocycles. The molecule has 1 aliphatic carbocycles. The fourth-order valence-electron chi connectivity index (χ4n) is 2.35. The van der Waals surface area contributed by atoms with Gasteiger partial charge >= 0.3 is 0 Å². The summed E-state index contributed by atoms with van der Waals surface area (Å²) >= 11 is 0. The van der Waals surface area contributed by atoms with Gasteiger partial charge < -0.3 is 11.1 Å². The zero-order chi connectivity index (χ0) is 12.3. The minimum atomic E-state index is 0.385. The number of nitrogens with one attached hydrogen (secondary N) is 1. The first-order valence-corrected chi connectivity index (χ1v) is 6.66. The van der Waals surface area contributed by atoms with Crippen molar-refractivity contribution in [3.63, 3.8) is 0 Å². The van der Waals surface area contributed by atoms with Gasteiger partial charge in [-0.1, -0.05) is 19.8 Å². The van der Waals surface area contributed by atoms with Crippen molar-refractivity contribution in [3.8, 4) is 0 Å². The highest BCUT2D eigenvalue weighted by atomic mass is 14.9. The van der Waals surface area contributed by atoms with Crippen LogP contribution in [0.25, 0.3) is 0 Å². The first-order chi connectivity index (χ1) is 8.22. The number of nitrogens with two attached hydrogens (primary N) is 1. The summed E-state index contributed by atoms with van der Waals surface area (Å²) in [6.45, 7) is 5.37. The van der Waals surface area contributed by atoms with Crippen LogP contribution in [-0.4, -0.2) is 11.5 Å². The number of nitrogen functional groups attached to an aromatic ring is 1. The summed E-state index contributed by atoms with van der Waals surface area (Å²) in [4.78, 5) is 4.23. The van der Waals surface area contributed by atoms with E-state index in [4.69, 9.17) is 5.73 Å². The lowest BCUT2D eigenvalue weighted by Gasteiger charge is -2.21.